The van der Waals surface area contributed by atoms with Crippen LogP contribution in [-0.2, 0) is 14.8 Å². The predicted octanol–water partition coefficient (Wildman–Crippen LogP) is 6.65. The van der Waals surface area contributed by atoms with E-state index < -0.39 is 15.7 Å². The molecule has 1 saturated heterocycles. The van der Waals surface area contributed by atoms with Crippen LogP contribution < -0.4 is 14.8 Å². The Morgan fingerprint density at radius 1 is 1.09 bits per heavy atom. The minimum atomic E-state index is -3.46. The third kappa shape index (κ3) is 9.00. The summed E-state index contributed by atoms with van der Waals surface area (Å²) in [5.74, 6) is 1.06. The molecule has 0 radical (unpaired) electrons. The van der Waals surface area contributed by atoms with Crippen LogP contribution >= 0.6 is 45.8 Å². The Morgan fingerprint density at radius 3 is 2.37 bits per heavy atom. The van der Waals surface area contributed by atoms with E-state index in [2.05, 4.69) is 39.2 Å². The Kier molecular flexibility index (Phi) is 11.9. The van der Waals surface area contributed by atoms with Crippen LogP contribution in [0.5, 0.6) is 5.75 Å². The molecule has 2 unspecified atom stereocenters. The Bertz CT molecular complexity index is 940. The zero-order valence-electron chi connectivity index (χ0n) is 20.2. The number of nitrogens with one attached hydrogen (secondary N) is 2. The van der Waals surface area contributed by atoms with Gasteiger partial charge in [0.2, 0.25) is 10.0 Å². The van der Waals surface area contributed by atoms with E-state index >= 15 is 0 Å². The van der Waals surface area contributed by atoms with Gasteiger partial charge in [0.25, 0.3) is 0 Å². The summed E-state index contributed by atoms with van der Waals surface area (Å²) < 4.78 is 39.6. The van der Waals surface area contributed by atoms with Crippen LogP contribution in [0.2, 0.25) is 10.0 Å². The highest BCUT2D eigenvalue weighted by Crippen LogP contribution is 2.41. The SMILES string of the molecule is C=CS(=O)(=O)NCCOC1CCNC(Oc2cc(Cl)c(Cl)cc2I)(C2CCCCCCCCC2)C1. The van der Waals surface area contributed by atoms with Crippen molar-refractivity contribution >= 4 is 55.8 Å². The Balaban J connectivity index is 1.79. The second-order valence-corrected chi connectivity index (χ2v) is 13.1. The van der Waals surface area contributed by atoms with Gasteiger partial charge < -0.3 is 9.47 Å². The molecule has 1 aromatic rings. The molecule has 10 heteroatoms. The fourth-order valence-corrected chi connectivity index (χ4v) is 6.66. The van der Waals surface area contributed by atoms with Gasteiger partial charge in [0.1, 0.15) is 5.75 Å². The van der Waals surface area contributed by atoms with Gasteiger partial charge in [0, 0.05) is 36.9 Å². The minimum Gasteiger partial charge on any atom is -0.471 e. The van der Waals surface area contributed by atoms with Crippen LogP contribution in [0.25, 0.3) is 0 Å². The summed E-state index contributed by atoms with van der Waals surface area (Å²) in [6, 6.07) is 3.65. The van der Waals surface area contributed by atoms with E-state index in [1.54, 1.807) is 0 Å². The Morgan fingerprint density at radius 2 is 1.71 bits per heavy atom. The normalized spacial score (nSPS) is 25.2. The van der Waals surface area contributed by atoms with Crippen molar-refractivity contribution in [2.24, 2.45) is 5.92 Å². The molecule has 2 atom stereocenters. The largest absolute Gasteiger partial charge is 0.471 e. The number of piperidine rings is 1. The van der Waals surface area contributed by atoms with Gasteiger partial charge in [0.15, 0.2) is 5.72 Å². The van der Waals surface area contributed by atoms with Crippen LogP contribution in [0.4, 0.5) is 0 Å². The molecule has 2 fully saturated rings. The lowest BCUT2D eigenvalue weighted by Crippen LogP contribution is -2.61. The zero-order valence-corrected chi connectivity index (χ0v) is 24.7. The molecular weight excluding hydrogens is 622 g/mol. The summed E-state index contributed by atoms with van der Waals surface area (Å²) in [5, 5.41) is 5.64. The molecule has 1 aromatic carbocycles. The van der Waals surface area contributed by atoms with Crippen molar-refractivity contribution in [2.45, 2.75) is 82.5 Å². The van der Waals surface area contributed by atoms with Gasteiger partial charge in [-0.15, -0.1) is 0 Å². The summed E-state index contributed by atoms with van der Waals surface area (Å²) in [7, 11) is -3.46. The van der Waals surface area contributed by atoms with Crippen molar-refractivity contribution in [1.29, 1.82) is 0 Å². The predicted molar refractivity (Wildman–Crippen MR) is 152 cm³/mol. The van der Waals surface area contributed by atoms with Gasteiger partial charge >= 0.3 is 0 Å². The van der Waals surface area contributed by atoms with Crippen molar-refractivity contribution in [3.8, 4) is 5.75 Å². The molecule has 1 heterocycles. The molecule has 0 spiro atoms. The van der Waals surface area contributed by atoms with Crippen LogP contribution in [0.1, 0.15) is 70.6 Å². The number of ether oxygens (including phenoxy) is 2. The first-order chi connectivity index (χ1) is 16.7. The lowest BCUT2D eigenvalue weighted by atomic mass is 9.79. The highest BCUT2D eigenvalue weighted by Gasteiger charge is 2.45. The minimum absolute atomic E-state index is 0.0414. The number of benzene rings is 1. The molecule has 2 aliphatic rings. The molecule has 198 valence electrons. The maximum Gasteiger partial charge on any atom is 0.233 e. The van der Waals surface area contributed by atoms with E-state index in [1.807, 2.05) is 12.1 Å². The average Bonchev–Trinajstić information content (AvgIpc) is 2.84. The van der Waals surface area contributed by atoms with Crippen molar-refractivity contribution in [1.82, 2.24) is 10.0 Å². The maximum absolute atomic E-state index is 11.6. The fraction of sp³-hybridized carbons (Fsp3) is 0.680. The second kappa shape index (κ2) is 14.2. The number of hydrogen-bond donors (Lipinski definition) is 2. The first-order valence-corrected chi connectivity index (χ1v) is 15.9. The van der Waals surface area contributed by atoms with E-state index in [4.69, 9.17) is 32.7 Å². The molecule has 1 saturated carbocycles. The quantitative estimate of drug-likeness (QED) is 0.177. The van der Waals surface area contributed by atoms with Crippen LogP contribution in [-0.4, -0.2) is 39.9 Å². The standard InChI is InChI=1S/C25H37Cl2IN2O4S/c1-2-35(31,32)30-14-15-33-20-12-13-29-25(18-20,19-10-8-6-4-3-5-7-9-11-19)34-24-17-22(27)21(26)16-23(24)28/h2,16-17,19-20,29-30H,1,3-15,18H2. The highest BCUT2D eigenvalue weighted by molar-refractivity contribution is 14.1. The first kappa shape index (κ1) is 29.5. The van der Waals surface area contributed by atoms with Gasteiger partial charge in [-0.3, -0.25) is 5.32 Å². The van der Waals surface area contributed by atoms with E-state index in [0.29, 0.717) is 29.0 Å². The molecule has 3 rings (SSSR count). The molecule has 35 heavy (non-hydrogen) atoms. The second-order valence-electron chi connectivity index (χ2n) is 9.46. The number of hydrogen-bond acceptors (Lipinski definition) is 5. The lowest BCUT2D eigenvalue weighted by Gasteiger charge is -2.47. The molecule has 1 aliphatic carbocycles. The molecule has 0 amide bonds. The van der Waals surface area contributed by atoms with Crippen molar-refractivity contribution in [3.63, 3.8) is 0 Å². The smallest absolute Gasteiger partial charge is 0.233 e. The van der Waals surface area contributed by atoms with Crippen molar-refractivity contribution < 1.29 is 17.9 Å². The molecule has 2 N–H and O–H groups in total. The number of rotatable bonds is 9. The highest BCUT2D eigenvalue weighted by atomic mass is 127. The van der Waals surface area contributed by atoms with Crippen LogP contribution in [0, 0.1) is 9.49 Å². The molecule has 0 bridgehead atoms. The van der Waals surface area contributed by atoms with Gasteiger partial charge in [-0.1, -0.05) is 74.7 Å². The van der Waals surface area contributed by atoms with Gasteiger partial charge in [-0.05, 0) is 47.9 Å². The fourth-order valence-electron chi connectivity index (χ4n) is 5.09. The van der Waals surface area contributed by atoms with Gasteiger partial charge in [0.05, 0.1) is 26.3 Å². The summed E-state index contributed by atoms with van der Waals surface area (Å²) in [6.07, 6.45) is 12.5. The number of sulfonamides is 1. The third-order valence-electron chi connectivity index (χ3n) is 6.93. The lowest BCUT2D eigenvalue weighted by molar-refractivity contribution is -0.105. The summed E-state index contributed by atoms with van der Waals surface area (Å²) in [6.45, 7) is 4.59. The summed E-state index contributed by atoms with van der Waals surface area (Å²) in [5.41, 5.74) is -0.584. The van der Waals surface area contributed by atoms with Gasteiger partial charge in [-0.25, -0.2) is 13.1 Å². The molecule has 6 nitrogen and oxygen atoms in total. The molecule has 0 aromatic heterocycles. The van der Waals surface area contributed by atoms with Crippen molar-refractivity contribution in [3.05, 3.63) is 37.7 Å². The van der Waals surface area contributed by atoms with E-state index in [1.165, 1.54) is 44.9 Å². The topological polar surface area (TPSA) is 76.7 Å². The Labute approximate surface area is 234 Å². The van der Waals surface area contributed by atoms with Crippen LogP contribution in [0.3, 0.4) is 0 Å². The van der Waals surface area contributed by atoms with Gasteiger partial charge in [-0.2, -0.15) is 0 Å². The first-order valence-electron chi connectivity index (χ1n) is 12.6. The van der Waals surface area contributed by atoms with Crippen LogP contribution in [0.15, 0.2) is 24.1 Å². The molecular formula is C25H37Cl2IN2O4S. The molecule has 1 aliphatic heterocycles. The summed E-state index contributed by atoms with van der Waals surface area (Å²) >= 11 is 14.8. The average molecular weight is 659 g/mol. The third-order valence-corrected chi connectivity index (χ3v) is 9.54. The van der Waals surface area contributed by atoms with E-state index in [9.17, 15) is 8.42 Å². The van der Waals surface area contributed by atoms with Crippen molar-refractivity contribution in [2.75, 3.05) is 19.7 Å². The Hall–Kier alpha value is -0.100. The number of halogens is 3. The maximum atomic E-state index is 11.6. The van der Waals surface area contributed by atoms with E-state index in [0.717, 1.165) is 40.5 Å². The zero-order chi connectivity index (χ0) is 25.3. The summed E-state index contributed by atoms with van der Waals surface area (Å²) in [4.78, 5) is 0. The van der Waals surface area contributed by atoms with E-state index in [-0.39, 0.29) is 12.6 Å². The monoisotopic (exact) mass is 658 g/mol.